The fourth-order valence-corrected chi connectivity index (χ4v) is 1.55. The molecule has 0 aromatic carbocycles. The van der Waals surface area contributed by atoms with Gasteiger partial charge in [0.05, 0.1) is 0 Å². The van der Waals surface area contributed by atoms with E-state index >= 15 is 0 Å². The first-order chi connectivity index (χ1) is 6.08. The Morgan fingerprint density at radius 2 is 2.08 bits per heavy atom. The molecular formula is C10H20N2O. The minimum absolute atomic E-state index is 0.00870. The van der Waals surface area contributed by atoms with Gasteiger partial charge in [0.2, 0.25) is 0 Å². The lowest BCUT2D eigenvalue weighted by atomic mass is 9.82. The first kappa shape index (κ1) is 10.4. The molecule has 0 aromatic rings. The van der Waals surface area contributed by atoms with Crippen LogP contribution in [0.5, 0.6) is 0 Å². The van der Waals surface area contributed by atoms with Crippen LogP contribution >= 0.6 is 0 Å². The Balaban J connectivity index is 2.05. The number of carbonyl (C=O) groups excluding carboxylic acids is 1. The van der Waals surface area contributed by atoms with Gasteiger partial charge in [-0.25, -0.2) is 4.79 Å². The van der Waals surface area contributed by atoms with Crippen LogP contribution in [0.1, 0.15) is 33.6 Å². The van der Waals surface area contributed by atoms with Gasteiger partial charge in [0, 0.05) is 12.6 Å². The highest BCUT2D eigenvalue weighted by molar-refractivity contribution is 5.74. The SMILES string of the molecule is CC(C)CNC(=O)NC1CC(C)C1. The highest BCUT2D eigenvalue weighted by Crippen LogP contribution is 2.25. The number of nitrogens with one attached hydrogen (secondary N) is 2. The number of carbonyl (C=O) groups is 1. The average Bonchev–Trinajstić information content (AvgIpc) is 1.98. The fraction of sp³-hybridized carbons (Fsp3) is 0.900. The lowest BCUT2D eigenvalue weighted by molar-refractivity contribution is 0.209. The zero-order chi connectivity index (χ0) is 9.84. The summed E-state index contributed by atoms with van der Waals surface area (Å²) in [7, 11) is 0. The Kier molecular flexibility index (Phi) is 3.58. The number of hydrogen-bond donors (Lipinski definition) is 2. The maximum absolute atomic E-state index is 11.2. The van der Waals surface area contributed by atoms with Crippen molar-refractivity contribution in [2.75, 3.05) is 6.54 Å². The largest absolute Gasteiger partial charge is 0.338 e. The Hall–Kier alpha value is -0.730. The second kappa shape index (κ2) is 4.49. The molecule has 2 N–H and O–H groups in total. The van der Waals surface area contributed by atoms with Crippen LogP contribution in [-0.2, 0) is 0 Å². The third-order valence-electron chi connectivity index (χ3n) is 2.38. The lowest BCUT2D eigenvalue weighted by Crippen LogP contribution is -2.48. The number of hydrogen-bond acceptors (Lipinski definition) is 1. The van der Waals surface area contributed by atoms with Crippen molar-refractivity contribution < 1.29 is 4.79 Å². The molecular weight excluding hydrogens is 164 g/mol. The number of amides is 2. The van der Waals surface area contributed by atoms with Crippen LogP contribution in [-0.4, -0.2) is 18.6 Å². The Labute approximate surface area is 80.3 Å². The molecule has 0 aliphatic heterocycles. The third-order valence-corrected chi connectivity index (χ3v) is 2.38. The van der Waals surface area contributed by atoms with E-state index in [1.807, 2.05) is 0 Å². The molecule has 1 saturated carbocycles. The molecule has 0 aromatic heterocycles. The van der Waals surface area contributed by atoms with Gasteiger partial charge in [0.25, 0.3) is 0 Å². The van der Waals surface area contributed by atoms with Crippen molar-refractivity contribution >= 4 is 6.03 Å². The Morgan fingerprint density at radius 1 is 1.46 bits per heavy atom. The van der Waals surface area contributed by atoms with Crippen LogP contribution in [0.15, 0.2) is 0 Å². The van der Waals surface area contributed by atoms with E-state index < -0.39 is 0 Å². The van der Waals surface area contributed by atoms with Crippen molar-refractivity contribution in [3.05, 3.63) is 0 Å². The molecule has 0 radical (unpaired) electrons. The second-order valence-corrected chi connectivity index (χ2v) is 4.52. The van der Waals surface area contributed by atoms with E-state index in [1.165, 1.54) is 0 Å². The van der Waals surface area contributed by atoms with Gasteiger partial charge in [-0.1, -0.05) is 20.8 Å². The monoisotopic (exact) mass is 184 g/mol. The molecule has 3 heteroatoms. The molecule has 1 rings (SSSR count). The summed E-state index contributed by atoms with van der Waals surface area (Å²) in [5.41, 5.74) is 0. The van der Waals surface area contributed by atoms with E-state index in [2.05, 4.69) is 31.4 Å². The molecule has 0 spiro atoms. The smallest absolute Gasteiger partial charge is 0.315 e. The molecule has 3 nitrogen and oxygen atoms in total. The van der Waals surface area contributed by atoms with Crippen molar-refractivity contribution in [2.24, 2.45) is 11.8 Å². The summed E-state index contributed by atoms with van der Waals surface area (Å²) in [6.45, 7) is 7.15. The molecule has 13 heavy (non-hydrogen) atoms. The Morgan fingerprint density at radius 3 is 2.54 bits per heavy atom. The molecule has 0 bridgehead atoms. The fourth-order valence-electron chi connectivity index (χ4n) is 1.55. The molecule has 2 amide bonds. The summed E-state index contributed by atoms with van der Waals surface area (Å²) < 4.78 is 0. The van der Waals surface area contributed by atoms with Crippen LogP contribution in [0.3, 0.4) is 0 Å². The second-order valence-electron chi connectivity index (χ2n) is 4.52. The van der Waals surface area contributed by atoms with Gasteiger partial charge < -0.3 is 10.6 Å². The lowest BCUT2D eigenvalue weighted by Gasteiger charge is -2.33. The summed E-state index contributed by atoms with van der Waals surface area (Å²) >= 11 is 0. The highest BCUT2D eigenvalue weighted by atomic mass is 16.2. The third kappa shape index (κ3) is 3.66. The summed E-state index contributed by atoms with van der Waals surface area (Å²) in [6.07, 6.45) is 2.27. The highest BCUT2D eigenvalue weighted by Gasteiger charge is 2.26. The molecule has 0 heterocycles. The van der Waals surface area contributed by atoms with Crippen LogP contribution in [0, 0.1) is 11.8 Å². The van der Waals surface area contributed by atoms with E-state index in [9.17, 15) is 4.79 Å². The zero-order valence-electron chi connectivity index (χ0n) is 8.76. The average molecular weight is 184 g/mol. The normalized spacial score (nSPS) is 26.8. The van der Waals surface area contributed by atoms with E-state index in [4.69, 9.17) is 0 Å². The van der Waals surface area contributed by atoms with Gasteiger partial charge in [-0.15, -0.1) is 0 Å². The summed E-state index contributed by atoms with van der Waals surface area (Å²) in [6, 6.07) is 0.410. The van der Waals surface area contributed by atoms with E-state index in [0.29, 0.717) is 12.0 Å². The van der Waals surface area contributed by atoms with Gasteiger partial charge in [-0.2, -0.15) is 0 Å². The standard InChI is InChI=1S/C10H20N2O/c1-7(2)6-11-10(13)12-9-4-8(3)5-9/h7-9H,4-6H2,1-3H3,(H2,11,12,13). The van der Waals surface area contributed by atoms with Gasteiger partial charge in [0.1, 0.15) is 0 Å². The Bertz CT molecular complexity index is 174. The molecule has 0 unspecified atom stereocenters. The van der Waals surface area contributed by atoms with Gasteiger partial charge >= 0.3 is 6.03 Å². The number of urea groups is 1. The molecule has 0 atom stereocenters. The van der Waals surface area contributed by atoms with E-state index in [1.54, 1.807) is 0 Å². The van der Waals surface area contributed by atoms with Crippen LogP contribution in [0.25, 0.3) is 0 Å². The predicted octanol–water partition coefficient (Wildman–Crippen LogP) is 1.74. The maximum atomic E-state index is 11.2. The van der Waals surface area contributed by atoms with E-state index in [0.717, 1.165) is 25.3 Å². The van der Waals surface area contributed by atoms with Crippen LogP contribution in [0.2, 0.25) is 0 Å². The molecule has 1 aliphatic rings. The summed E-state index contributed by atoms with van der Waals surface area (Å²) in [5.74, 6) is 1.31. The summed E-state index contributed by atoms with van der Waals surface area (Å²) in [5, 5.41) is 5.80. The minimum Gasteiger partial charge on any atom is -0.338 e. The van der Waals surface area contributed by atoms with Crippen LogP contribution < -0.4 is 10.6 Å². The summed E-state index contributed by atoms with van der Waals surface area (Å²) in [4.78, 5) is 11.2. The topological polar surface area (TPSA) is 41.1 Å². The quantitative estimate of drug-likeness (QED) is 0.689. The predicted molar refractivity (Wildman–Crippen MR) is 53.6 cm³/mol. The van der Waals surface area contributed by atoms with Gasteiger partial charge in [-0.3, -0.25) is 0 Å². The minimum atomic E-state index is -0.00870. The molecule has 1 fully saturated rings. The van der Waals surface area contributed by atoms with Crippen molar-refractivity contribution in [3.63, 3.8) is 0 Å². The molecule has 1 aliphatic carbocycles. The zero-order valence-corrected chi connectivity index (χ0v) is 8.76. The van der Waals surface area contributed by atoms with Gasteiger partial charge in [-0.05, 0) is 24.7 Å². The first-order valence-electron chi connectivity index (χ1n) is 5.12. The first-order valence-corrected chi connectivity index (χ1v) is 5.12. The van der Waals surface area contributed by atoms with E-state index in [-0.39, 0.29) is 6.03 Å². The van der Waals surface area contributed by atoms with Gasteiger partial charge in [0.15, 0.2) is 0 Å². The van der Waals surface area contributed by atoms with Crippen molar-refractivity contribution in [1.82, 2.24) is 10.6 Å². The van der Waals surface area contributed by atoms with Crippen molar-refractivity contribution in [1.29, 1.82) is 0 Å². The molecule has 76 valence electrons. The van der Waals surface area contributed by atoms with Crippen molar-refractivity contribution in [3.8, 4) is 0 Å². The molecule has 0 saturated heterocycles. The van der Waals surface area contributed by atoms with Crippen molar-refractivity contribution in [2.45, 2.75) is 39.7 Å². The van der Waals surface area contributed by atoms with Crippen LogP contribution in [0.4, 0.5) is 4.79 Å². The number of rotatable bonds is 3. The maximum Gasteiger partial charge on any atom is 0.315 e.